The molecule has 2 aliphatic rings. The number of nitrogens with zero attached hydrogens (tertiary/aromatic N) is 4. The lowest BCUT2D eigenvalue weighted by Crippen LogP contribution is -2.31. The Morgan fingerprint density at radius 3 is 2.80 bits per heavy atom. The number of hydrogen-bond donors (Lipinski definition) is 1. The van der Waals surface area contributed by atoms with E-state index in [1.54, 1.807) is 6.33 Å². The van der Waals surface area contributed by atoms with Crippen LogP contribution >= 0.6 is 0 Å². The zero-order chi connectivity index (χ0) is 13.9. The maximum Gasteiger partial charge on any atom is 0.132 e. The fourth-order valence-electron chi connectivity index (χ4n) is 3.10. The van der Waals surface area contributed by atoms with Crippen molar-refractivity contribution in [1.82, 2.24) is 14.9 Å². The highest BCUT2D eigenvalue weighted by molar-refractivity contribution is 5.40. The minimum Gasteiger partial charge on any atom is -0.393 e. The Kier molecular flexibility index (Phi) is 4.17. The monoisotopic (exact) mass is 276 g/mol. The van der Waals surface area contributed by atoms with Gasteiger partial charge in [-0.05, 0) is 32.4 Å². The van der Waals surface area contributed by atoms with Gasteiger partial charge in [0.1, 0.15) is 12.1 Å². The molecule has 0 unspecified atom stereocenters. The molecule has 1 aliphatic heterocycles. The first-order valence-corrected chi connectivity index (χ1v) is 7.73. The lowest BCUT2D eigenvalue weighted by molar-refractivity contribution is 0.0732. The van der Waals surface area contributed by atoms with Crippen LogP contribution in [0.2, 0.25) is 0 Å². The molecule has 1 N–H and O–H groups in total. The predicted octanol–water partition coefficient (Wildman–Crippen LogP) is 1.25. The zero-order valence-corrected chi connectivity index (χ0v) is 12.2. The summed E-state index contributed by atoms with van der Waals surface area (Å²) in [5, 5.41) is 9.43. The van der Waals surface area contributed by atoms with Crippen LogP contribution in [0.25, 0.3) is 0 Å². The number of aromatic nitrogens is 2. The fraction of sp³-hybridized carbons (Fsp3) is 0.733. The molecule has 0 radical (unpaired) electrons. The van der Waals surface area contributed by atoms with Gasteiger partial charge < -0.3 is 14.9 Å². The van der Waals surface area contributed by atoms with Gasteiger partial charge in [0, 0.05) is 37.3 Å². The van der Waals surface area contributed by atoms with Gasteiger partial charge in [0.25, 0.3) is 0 Å². The standard InChI is InChI=1S/C15H24N4O/c1-2-18-4-3-5-19(7-6-18)15-10-14(16-11-17-15)12-8-13(20)9-12/h10-13,20H,2-9H2,1H3. The third-order valence-corrected chi connectivity index (χ3v) is 4.56. The van der Waals surface area contributed by atoms with Crippen LogP contribution in [0.3, 0.4) is 0 Å². The van der Waals surface area contributed by atoms with Gasteiger partial charge in [0.2, 0.25) is 0 Å². The van der Waals surface area contributed by atoms with Crippen molar-refractivity contribution in [2.75, 3.05) is 37.6 Å². The van der Waals surface area contributed by atoms with Gasteiger partial charge in [0.05, 0.1) is 6.10 Å². The summed E-state index contributed by atoms with van der Waals surface area (Å²) in [4.78, 5) is 13.7. The highest BCUT2D eigenvalue weighted by Crippen LogP contribution is 2.36. The van der Waals surface area contributed by atoms with Crippen LogP contribution < -0.4 is 4.90 Å². The first-order chi connectivity index (χ1) is 9.76. The van der Waals surface area contributed by atoms with Crippen molar-refractivity contribution in [1.29, 1.82) is 0 Å². The number of likely N-dealkylation sites (N-methyl/N-ethyl adjacent to an activating group) is 1. The molecule has 0 amide bonds. The lowest BCUT2D eigenvalue weighted by Gasteiger charge is -2.31. The highest BCUT2D eigenvalue weighted by Gasteiger charge is 2.30. The second kappa shape index (κ2) is 6.06. The number of anilines is 1. The summed E-state index contributed by atoms with van der Waals surface area (Å²) >= 11 is 0. The molecule has 3 rings (SSSR count). The van der Waals surface area contributed by atoms with E-state index in [4.69, 9.17) is 0 Å². The van der Waals surface area contributed by atoms with Crippen molar-refractivity contribution in [3.63, 3.8) is 0 Å². The van der Waals surface area contributed by atoms with E-state index in [0.717, 1.165) is 50.5 Å². The Balaban J connectivity index is 1.68. The number of rotatable bonds is 3. The van der Waals surface area contributed by atoms with Crippen LogP contribution in [0.5, 0.6) is 0 Å². The molecule has 1 aromatic heterocycles. The summed E-state index contributed by atoms with van der Waals surface area (Å²) in [6, 6.07) is 2.12. The Morgan fingerprint density at radius 1 is 1.20 bits per heavy atom. The molecule has 0 atom stereocenters. The number of hydrogen-bond acceptors (Lipinski definition) is 5. The Bertz CT molecular complexity index is 447. The summed E-state index contributed by atoms with van der Waals surface area (Å²) in [6.45, 7) is 7.75. The van der Waals surface area contributed by atoms with Crippen LogP contribution in [-0.4, -0.2) is 58.8 Å². The molecular weight excluding hydrogens is 252 g/mol. The van der Waals surface area contributed by atoms with Gasteiger partial charge in [0.15, 0.2) is 0 Å². The van der Waals surface area contributed by atoms with Crippen LogP contribution in [0, 0.1) is 0 Å². The summed E-state index contributed by atoms with van der Waals surface area (Å²) in [5.74, 6) is 1.47. The molecule has 20 heavy (non-hydrogen) atoms. The molecule has 2 heterocycles. The molecule has 5 heteroatoms. The SMILES string of the molecule is CCN1CCCN(c2cc(C3CC(O)C3)ncn2)CC1. The smallest absolute Gasteiger partial charge is 0.132 e. The van der Waals surface area contributed by atoms with E-state index < -0.39 is 0 Å². The molecule has 1 aromatic rings. The van der Waals surface area contributed by atoms with Crippen LogP contribution in [0.1, 0.15) is 37.8 Å². The van der Waals surface area contributed by atoms with Crippen LogP contribution in [0.15, 0.2) is 12.4 Å². The zero-order valence-electron chi connectivity index (χ0n) is 12.2. The van der Waals surface area contributed by atoms with E-state index in [1.807, 2.05) is 0 Å². The van der Waals surface area contributed by atoms with E-state index in [9.17, 15) is 5.11 Å². The van der Waals surface area contributed by atoms with Gasteiger partial charge in [-0.3, -0.25) is 0 Å². The third-order valence-electron chi connectivity index (χ3n) is 4.56. The minimum absolute atomic E-state index is 0.130. The van der Waals surface area contributed by atoms with E-state index in [0.29, 0.717) is 5.92 Å². The Labute approximate surface area is 120 Å². The van der Waals surface area contributed by atoms with Gasteiger partial charge in [-0.2, -0.15) is 0 Å². The maximum absolute atomic E-state index is 9.43. The molecule has 1 aliphatic carbocycles. The Hall–Kier alpha value is -1.20. The third kappa shape index (κ3) is 2.94. The molecule has 0 aromatic carbocycles. The second-order valence-electron chi connectivity index (χ2n) is 5.90. The second-order valence-corrected chi connectivity index (χ2v) is 5.90. The van der Waals surface area contributed by atoms with Crippen molar-refractivity contribution in [2.24, 2.45) is 0 Å². The van der Waals surface area contributed by atoms with E-state index in [-0.39, 0.29) is 6.10 Å². The average Bonchev–Trinajstić information content (AvgIpc) is 2.69. The van der Waals surface area contributed by atoms with Crippen molar-refractivity contribution >= 4 is 5.82 Å². The molecular formula is C15H24N4O. The molecule has 5 nitrogen and oxygen atoms in total. The van der Waals surface area contributed by atoms with E-state index >= 15 is 0 Å². The largest absolute Gasteiger partial charge is 0.393 e. The average molecular weight is 276 g/mol. The molecule has 0 bridgehead atoms. The summed E-state index contributed by atoms with van der Waals surface area (Å²) in [6.07, 6.45) is 4.43. The molecule has 2 fully saturated rings. The van der Waals surface area contributed by atoms with Gasteiger partial charge in [-0.25, -0.2) is 9.97 Å². The van der Waals surface area contributed by atoms with Crippen LogP contribution in [-0.2, 0) is 0 Å². The van der Waals surface area contributed by atoms with Crippen molar-refractivity contribution in [2.45, 2.75) is 38.2 Å². The van der Waals surface area contributed by atoms with E-state index in [2.05, 4.69) is 32.8 Å². The van der Waals surface area contributed by atoms with Gasteiger partial charge in [-0.15, -0.1) is 0 Å². The lowest BCUT2D eigenvalue weighted by atomic mass is 9.80. The van der Waals surface area contributed by atoms with E-state index in [1.165, 1.54) is 13.0 Å². The quantitative estimate of drug-likeness (QED) is 0.900. The summed E-state index contributed by atoms with van der Waals surface area (Å²) in [7, 11) is 0. The normalized spacial score (nSPS) is 28.0. The van der Waals surface area contributed by atoms with Crippen molar-refractivity contribution in [3.05, 3.63) is 18.1 Å². The molecule has 0 spiro atoms. The first kappa shape index (κ1) is 13.8. The summed E-state index contributed by atoms with van der Waals surface area (Å²) in [5.41, 5.74) is 1.09. The van der Waals surface area contributed by atoms with Crippen LogP contribution in [0.4, 0.5) is 5.82 Å². The van der Waals surface area contributed by atoms with Crippen molar-refractivity contribution in [3.8, 4) is 0 Å². The first-order valence-electron chi connectivity index (χ1n) is 7.73. The molecule has 110 valence electrons. The minimum atomic E-state index is -0.130. The van der Waals surface area contributed by atoms with Gasteiger partial charge >= 0.3 is 0 Å². The van der Waals surface area contributed by atoms with Gasteiger partial charge in [-0.1, -0.05) is 6.92 Å². The molecule has 1 saturated carbocycles. The number of aliphatic hydroxyl groups excluding tert-OH is 1. The molecule has 1 saturated heterocycles. The summed E-state index contributed by atoms with van der Waals surface area (Å²) < 4.78 is 0. The fourth-order valence-corrected chi connectivity index (χ4v) is 3.10. The maximum atomic E-state index is 9.43. The predicted molar refractivity (Wildman–Crippen MR) is 79.0 cm³/mol. The highest BCUT2D eigenvalue weighted by atomic mass is 16.3. The Morgan fingerprint density at radius 2 is 2.05 bits per heavy atom. The van der Waals surface area contributed by atoms with Crippen molar-refractivity contribution < 1.29 is 5.11 Å². The number of aliphatic hydroxyl groups is 1. The topological polar surface area (TPSA) is 52.5 Å².